The van der Waals surface area contributed by atoms with Crippen LogP contribution in [0.5, 0.6) is 11.5 Å². The number of Topliss-reactive ketones (excluding diaryl/α,β-unsaturated/α-hetero) is 1. The summed E-state index contributed by atoms with van der Waals surface area (Å²) in [6, 6.07) is 2.72. The number of rotatable bonds is 11. The van der Waals surface area contributed by atoms with Gasteiger partial charge in [-0.25, -0.2) is 0 Å². The number of phenols is 1. The number of fused-ring (bicyclic) bond motifs is 4. The molecule has 2 unspecified atom stereocenters. The van der Waals surface area contributed by atoms with Gasteiger partial charge in [0.25, 0.3) is 0 Å². The van der Waals surface area contributed by atoms with Gasteiger partial charge in [-0.05, 0) is 86.4 Å². The lowest BCUT2D eigenvalue weighted by Crippen LogP contribution is -2.51. The quantitative estimate of drug-likeness (QED) is 0.0461. The molecule has 0 amide bonds. The molecule has 5 aromatic rings. The van der Waals surface area contributed by atoms with Gasteiger partial charge < -0.3 is 35.2 Å². The smallest absolute Gasteiger partial charge is 0.190 e. The SMILES string of the molecule is COc1c(O)c2c(=O)cc(CO)c3c4c(CO)cc(=O)c5c6c(c7c(c(c1C(C(C)=O)C(C)=C7)c23)c54)NC(C)(C)C(CCCCCC[N+](C)(C)C)N6. The van der Waals surface area contributed by atoms with Gasteiger partial charge in [0.2, 0.25) is 0 Å². The van der Waals surface area contributed by atoms with E-state index in [-0.39, 0.29) is 34.1 Å². The van der Waals surface area contributed by atoms with E-state index in [1.165, 1.54) is 26.2 Å². The number of carbonyl (C=O) groups excluding carboxylic acids is 1. The maximum atomic E-state index is 14.4. The molecular weight excluding hydrogens is 658 g/mol. The molecule has 0 fully saturated rings. The molecule has 0 saturated heterocycles. The third-order valence-corrected chi connectivity index (χ3v) is 11.5. The molecule has 0 radical (unpaired) electrons. The fraction of sp³-hybridized carbons (Fsp3) is 0.452. The topological polar surface area (TPSA) is 145 Å². The number of allylic oxidation sites excluding steroid dienone is 1. The van der Waals surface area contributed by atoms with Crippen LogP contribution in [0.25, 0.3) is 49.2 Å². The molecule has 1 heterocycles. The summed E-state index contributed by atoms with van der Waals surface area (Å²) in [5.74, 6) is -1.40. The second kappa shape index (κ2) is 12.6. The number of benzene rings is 5. The van der Waals surface area contributed by atoms with E-state index in [0.717, 1.165) is 48.7 Å². The Morgan fingerprint density at radius 1 is 0.846 bits per heavy atom. The van der Waals surface area contributed by atoms with Crippen molar-refractivity contribution in [3.63, 3.8) is 0 Å². The lowest BCUT2D eigenvalue weighted by molar-refractivity contribution is -0.870. The van der Waals surface area contributed by atoms with Crippen molar-refractivity contribution in [2.24, 2.45) is 0 Å². The van der Waals surface area contributed by atoms with Crippen molar-refractivity contribution in [1.82, 2.24) is 0 Å². The molecule has 2 aliphatic rings. The lowest BCUT2D eigenvalue weighted by Gasteiger charge is -2.44. The zero-order valence-corrected chi connectivity index (χ0v) is 31.5. The van der Waals surface area contributed by atoms with Crippen LogP contribution in [0.3, 0.4) is 0 Å². The minimum Gasteiger partial charge on any atom is -0.504 e. The summed E-state index contributed by atoms with van der Waals surface area (Å²) in [6.07, 6.45) is 7.27. The van der Waals surface area contributed by atoms with Crippen molar-refractivity contribution in [1.29, 1.82) is 0 Å². The molecule has 274 valence electrons. The minimum absolute atomic E-state index is 0.00450. The number of hydrogen-bond acceptors (Lipinski definition) is 9. The van der Waals surface area contributed by atoms with Crippen LogP contribution in [0.2, 0.25) is 0 Å². The molecule has 0 saturated carbocycles. The molecule has 7 rings (SSSR count). The van der Waals surface area contributed by atoms with E-state index in [2.05, 4.69) is 45.6 Å². The van der Waals surface area contributed by atoms with E-state index in [0.29, 0.717) is 71.3 Å². The summed E-state index contributed by atoms with van der Waals surface area (Å²) in [7, 11) is 8.04. The molecule has 5 N–H and O–H groups in total. The van der Waals surface area contributed by atoms with Crippen LogP contribution in [-0.4, -0.2) is 72.0 Å². The number of ketones is 1. The highest BCUT2D eigenvalue weighted by Gasteiger charge is 2.41. The van der Waals surface area contributed by atoms with Crippen molar-refractivity contribution < 1.29 is 29.3 Å². The highest BCUT2D eigenvalue weighted by atomic mass is 16.5. The molecule has 0 aromatic heterocycles. The Morgan fingerprint density at radius 3 is 2.02 bits per heavy atom. The van der Waals surface area contributed by atoms with Gasteiger partial charge in [-0.1, -0.05) is 24.5 Å². The number of aliphatic hydroxyl groups is 2. The second-order valence-electron chi connectivity index (χ2n) is 16.5. The normalized spacial score (nSPS) is 18.2. The van der Waals surface area contributed by atoms with Gasteiger partial charge in [0.1, 0.15) is 5.78 Å². The Balaban J connectivity index is 1.61. The maximum Gasteiger partial charge on any atom is 0.190 e. The number of phenolic OH excluding ortho intramolecular Hbond substituents is 1. The van der Waals surface area contributed by atoms with E-state index < -0.39 is 30.1 Å². The number of unbranched alkanes of at least 4 members (excludes halogenated alkanes) is 3. The average molecular weight is 709 g/mol. The number of aliphatic hydroxyl groups excluding tert-OH is 2. The molecule has 2 atom stereocenters. The fourth-order valence-electron chi connectivity index (χ4n) is 9.20. The van der Waals surface area contributed by atoms with E-state index in [1.807, 2.05) is 13.0 Å². The van der Waals surface area contributed by atoms with Crippen LogP contribution in [-0.2, 0) is 18.0 Å². The predicted octanol–water partition coefficient (Wildman–Crippen LogP) is 6.33. The zero-order chi connectivity index (χ0) is 37.6. The van der Waals surface area contributed by atoms with E-state index in [1.54, 1.807) is 0 Å². The molecule has 0 bridgehead atoms. The number of quaternary nitrogens is 1. The molecule has 10 heteroatoms. The zero-order valence-electron chi connectivity index (χ0n) is 31.5. The molecule has 5 aromatic carbocycles. The van der Waals surface area contributed by atoms with Crippen molar-refractivity contribution in [3.8, 4) is 11.5 Å². The Hall–Kier alpha value is -4.51. The van der Waals surface area contributed by atoms with Gasteiger partial charge in [-0.15, -0.1) is 0 Å². The Bertz CT molecular complexity index is 2440. The number of aromatic hydroxyl groups is 1. The summed E-state index contributed by atoms with van der Waals surface area (Å²) in [5.41, 5.74) is 2.63. The number of nitrogens with zero attached hydrogens (tertiary/aromatic N) is 1. The molecule has 10 nitrogen and oxygen atoms in total. The summed E-state index contributed by atoms with van der Waals surface area (Å²) in [4.78, 5) is 41.9. The number of ether oxygens (including phenoxy) is 1. The van der Waals surface area contributed by atoms with Gasteiger partial charge in [0.05, 0.1) is 81.6 Å². The van der Waals surface area contributed by atoms with Crippen LogP contribution in [0.1, 0.15) is 88.0 Å². The summed E-state index contributed by atoms with van der Waals surface area (Å²) in [6.45, 7) is 7.82. The third kappa shape index (κ3) is 5.29. The number of methoxy groups -OCH3 is 1. The Morgan fingerprint density at radius 2 is 1.44 bits per heavy atom. The number of carbonyl (C=O) groups is 1. The monoisotopic (exact) mass is 708 g/mol. The Kier molecular flexibility index (Phi) is 8.67. The first-order valence-electron chi connectivity index (χ1n) is 18.3. The molecule has 52 heavy (non-hydrogen) atoms. The molecule has 1 aliphatic carbocycles. The number of nitrogens with one attached hydrogen (secondary N) is 2. The van der Waals surface area contributed by atoms with Crippen molar-refractivity contribution in [3.05, 3.63) is 60.4 Å². The Labute approximate surface area is 303 Å². The molecule has 1 aliphatic heterocycles. The van der Waals surface area contributed by atoms with Crippen molar-refractivity contribution in [2.45, 2.75) is 90.5 Å². The second-order valence-corrected chi connectivity index (χ2v) is 16.5. The standard InChI is InChI=1S/C42H49N3O7/c1-20-15-24-31-34-29(30-23(19-47)17-26(50)33-35(30)36(31)37(28(20)21(2)48)41(52-8)40(33)51)22(18-46)16-25(49)32(34)39-38(24)44-42(3,4)27(43-39)13-11-9-10-12-14-45(5,6)7/h15-17,27-28,46-47H,9-14,18-19H2,1-8H3,(H2-,43,44,49,50,51)/p+1. The highest BCUT2D eigenvalue weighted by Crippen LogP contribution is 2.57. The molecule has 0 spiro atoms. The first-order valence-corrected chi connectivity index (χ1v) is 18.3. The highest BCUT2D eigenvalue weighted by molar-refractivity contribution is 6.40. The molecular formula is C42H50N3O7+. The summed E-state index contributed by atoms with van der Waals surface area (Å²) < 4.78 is 6.79. The first kappa shape index (κ1) is 35.9. The van der Waals surface area contributed by atoms with Gasteiger partial charge in [0.15, 0.2) is 22.4 Å². The summed E-state index contributed by atoms with van der Waals surface area (Å²) in [5, 5.41) is 44.5. The lowest BCUT2D eigenvalue weighted by atomic mass is 9.78. The summed E-state index contributed by atoms with van der Waals surface area (Å²) >= 11 is 0. The largest absolute Gasteiger partial charge is 0.504 e. The van der Waals surface area contributed by atoms with Crippen LogP contribution < -0.4 is 26.2 Å². The first-order chi connectivity index (χ1) is 24.6. The van der Waals surface area contributed by atoms with Crippen molar-refractivity contribution >= 4 is 66.3 Å². The van der Waals surface area contributed by atoms with Gasteiger partial charge in [-0.3, -0.25) is 14.4 Å². The van der Waals surface area contributed by atoms with E-state index in [9.17, 15) is 29.7 Å². The van der Waals surface area contributed by atoms with Crippen LogP contribution in [0, 0.1) is 0 Å². The van der Waals surface area contributed by atoms with Crippen molar-refractivity contribution in [2.75, 3.05) is 45.4 Å². The average Bonchev–Trinajstić information content (AvgIpc) is 3.20. The van der Waals surface area contributed by atoms with E-state index >= 15 is 0 Å². The fourth-order valence-corrected chi connectivity index (χ4v) is 9.20. The minimum atomic E-state index is -0.845. The number of anilines is 2. The van der Waals surface area contributed by atoms with E-state index in [4.69, 9.17) is 4.74 Å². The van der Waals surface area contributed by atoms with Gasteiger partial charge in [0, 0.05) is 33.3 Å². The van der Waals surface area contributed by atoms with Crippen LogP contribution in [0.15, 0.2) is 27.3 Å². The third-order valence-electron chi connectivity index (χ3n) is 11.5. The predicted molar refractivity (Wildman–Crippen MR) is 210 cm³/mol. The maximum absolute atomic E-state index is 14.4. The van der Waals surface area contributed by atoms with Crippen LogP contribution in [0.4, 0.5) is 11.4 Å². The van der Waals surface area contributed by atoms with Gasteiger partial charge in [-0.2, -0.15) is 0 Å². The number of hydrogen-bond donors (Lipinski definition) is 5. The van der Waals surface area contributed by atoms with Gasteiger partial charge >= 0.3 is 0 Å². The van der Waals surface area contributed by atoms with Crippen LogP contribution >= 0.6 is 0 Å².